The van der Waals surface area contributed by atoms with Gasteiger partial charge in [0.1, 0.15) is 17.3 Å². The zero-order valence-electron chi connectivity index (χ0n) is 11.3. The Morgan fingerprint density at radius 3 is 2.57 bits per heavy atom. The van der Waals surface area contributed by atoms with Crippen molar-refractivity contribution >= 4 is 33.2 Å². The first-order valence-corrected chi connectivity index (χ1v) is 8.13. The van der Waals surface area contributed by atoms with Crippen LogP contribution in [0.15, 0.2) is 23.1 Å². The van der Waals surface area contributed by atoms with Crippen molar-refractivity contribution in [1.29, 1.82) is 0 Å². The Balaban J connectivity index is 2.33. The van der Waals surface area contributed by atoms with Crippen molar-refractivity contribution in [3.63, 3.8) is 0 Å². The van der Waals surface area contributed by atoms with Crippen LogP contribution in [0, 0.1) is 6.92 Å². The maximum Gasteiger partial charge on any atom is 0.241 e. The first kappa shape index (κ1) is 16.1. The second kappa shape index (κ2) is 5.84. The summed E-state index contributed by atoms with van der Waals surface area (Å²) in [6.45, 7) is 1.82. The lowest BCUT2D eigenvalue weighted by atomic mass is 10.3. The van der Waals surface area contributed by atoms with E-state index in [2.05, 4.69) is 5.10 Å². The first-order chi connectivity index (χ1) is 9.70. The topological polar surface area (TPSA) is 87.2 Å². The molecule has 2 N–H and O–H groups in total. The summed E-state index contributed by atoms with van der Waals surface area (Å²) in [6.07, 6.45) is 0. The van der Waals surface area contributed by atoms with Gasteiger partial charge in [-0.3, -0.25) is 4.68 Å². The highest BCUT2D eigenvalue weighted by molar-refractivity contribution is 7.89. The lowest BCUT2D eigenvalue weighted by molar-refractivity contribution is 0.287. The molecule has 9 heteroatoms. The highest BCUT2D eigenvalue weighted by Crippen LogP contribution is 2.28. The molecule has 1 aromatic heterocycles. The zero-order valence-corrected chi connectivity index (χ0v) is 13.6. The lowest BCUT2D eigenvalue weighted by Gasteiger charge is -2.11. The number of halogens is 2. The van der Waals surface area contributed by atoms with Gasteiger partial charge in [-0.1, -0.05) is 23.2 Å². The molecule has 6 nitrogen and oxygen atoms in total. The second-order valence-corrected chi connectivity index (χ2v) is 6.74. The largest absolute Gasteiger partial charge is 0.486 e. The lowest BCUT2D eigenvalue weighted by Crippen LogP contribution is -2.14. The Morgan fingerprint density at radius 2 is 2.05 bits per heavy atom. The summed E-state index contributed by atoms with van der Waals surface area (Å²) in [5.41, 5.74) is 1.30. The van der Waals surface area contributed by atoms with E-state index in [9.17, 15) is 8.42 Å². The summed E-state index contributed by atoms with van der Waals surface area (Å²) in [6, 6.07) is 4.20. The van der Waals surface area contributed by atoms with Gasteiger partial charge in [-0.15, -0.1) is 0 Å². The third-order valence-electron chi connectivity index (χ3n) is 2.84. The monoisotopic (exact) mass is 349 g/mol. The van der Waals surface area contributed by atoms with Crippen LogP contribution in [0.4, 0.5) is 0 Å². The van der Waals surface area contributed by atoms with Crippen LogP contribution in [-0.4, -0.2) is 18.2 Å². The number of hydrogen-bond acceptors (Lipinski definition) is 4. The minimum atomic E-state index is -3.94. The van der Waals surface area contributed by atoms with Crippen LogP contribution < -0.4 is 9.88 Å². The molecule has 21 heavy (non-hydrogen) atoms. The standard InChI is InChI=1S/C12H13Cl2N3O3S/c1-7-12(14)9(17(2)16-7)6-20-10-4-3-8(13)5-11(10)21(15,18)19/h3-5H,6H2,1-2H3,(H2,15,18,19). The Kier molecular flexibility index (Phi) is 4.48. The third-order valence-corrected chi connectivity index (χ3v) is 4.50. The number of rotatable bonds is 4. The number of ether oxygens (including phenoxy) is 1. The highest BCUT2D eigenvalue weighted by atomic mass is 35.5. The van der Waals surface area contributed by atoms with E-state index in [0.717, 1.165) is 0 Å². The van der Waals surface area contributed by atoms with Crippen molar-refractivity contribution < 1.29 is 13.2 Å². The highest BCUT2D eigenvalue weighted by Gasteiger charge is 2.18. The normalized spacial score (nSPS) is 11.7. The molecular weight excluding hydrogens is 337 g/mol. The van der Waals surface area contributed by atoms with Crippen molar-refractivity contribution in [3.05, 3.63) is 39.6 Å². The summed E-state index contributed by atoms with van der Waals surface area (Å²) in [5, 5.41) is 10.0. The maximum atomic E-state index is 11.6. The molecule has 0 atom stereocenters. The molecule has 1 heterocycles. The van der Waals surface area contributed by atoms with E-state index in [0.29, 0.717) is 16.4 Å². The fraction of sp³-hybridized carbons (Fsp3) is 0.250. The minimum absolute atomic E-state index is 0.0559. The van der Waals surface area contributed by atoms with Gasteiger partial charge in [0.05, 0.1) is 16.4 Å². The smallest absolute Gasteiger partial charge is 0.241 e. The molecule has 2 rings (SSSR count). The van der Waals surface area contributed by atoms with Crippen LogP contribution in [0.1, 0.15) is 11.4 Å². The predicted molar refractivity (Wildman–Crippen MR) is 80.1 cm³/mol. The van der Waals surface area contributed by atoms with Crippen LogP contribution in [0.2, 0.25) is 10.0 Å². The second-order valence-electron chi connectivity index (χ2n) is 4.39. The predicted octanol–water partition coefficient (Wildman–Crippen LogP) is 2.26. The van der Waals surface area contributed by atoms with Crippen LogP contribution in [0.3, 0.4) is 0 Å². The van der Waals surface area contributed by atoms with Gasteiger partial charge < -0.3 is 4.74 Å². The van der Waals surface area contributed by atoms with Gasteiger partial charge in [0, 0.05) is 12.1 Å². The van der Waals surface area contributed by atoms with Crippen molar-refractivity contribution in [1.82, 2.24) is 9.78 Å². The van der Waals surface area contributed by atoms with E-state index in [-0.39, 0.29) is 22.3 Å². The molecule has 0 amide bonds. The third kappa shape index (κ3) is 3.49. The van der Waals surface area contributed by atoms with Gasteiger partial charge in [0.2, 0.25) is 10.0 Å². The van der Waals surface area contributed by atoms with Crippen LogP contribution >= 0.6 is 23.2 Å². The molecular formula is C12H13Cl2N3O3S. The molecule has 0 radical (unpaired) electrons. The molecule has 0 saturated carbocycles. The van der Waals surface area contributed by atoms with Gasteiger partial charge in [0.15, 0.2) is 0 Å². The minimum Gasteiger partial charge on any atom is -0.486 e. The van der Waals surface area contributed by atoms with E-state index in [4.69, 9.17) is 33.1 Å². The van der Waals surface area contributed by atoms with Crippen molar-refractivity contribution in [3.8, 4) is 5.75 Å². The maximum absolute atomic E-state index is 11.6. The van der Waals surface area contributed by atoms with Gasteiger partial charge in [-0.05, 0) is 25.1 Å². The zero-order chi connectivity index (χ0) is 15.8. The number of aromatic nitrogens is 2. The van der Waals surface area contributed by atoms with Gasteiger partial charge in [0.25, 0.3) is 0 Å². The number of nitrogens with two attached hydrogens (primary N) is 1. The molecule has 0 aliphatic heterocycles. The Hall–Kier alpha value is -1.28. The van der Waals surface area contributed by atoms with Crippen LogP contribution in [-0.2, 0) is 23.7 Å². The fourth-order valence-electron chi connectivity index (χ4n) is 1.81. The first-order valence-electron chi connectivity index (χ1n) is 5.83. The van der Waals surface area contributed by atoms with Crippen molar-refractivity contribution in [2.24, 2.45) is 12.2 Å². The molecule has 0 aliphatic carbocycles. The summed E-state index contributed by atoms with van der Waals surface area (Å²) in [5.74, 6) is 0.108. The van der Waals surface area contributed by atoms with E-state index < -0.39 is 10.0 Å². The SMILES string of the molecule is Cc1nn(C)c(COc2ccc(Cl)cc2S(N)(=O)=O)c1Cl. The number of benzene rings is 1. The Bertz CT molecular complexity index is 787. The molecule has 2 aromatic rings. The number of aryl methyl sites for hydroxylation is 2. The number of primary sulfonamides is 1. The quantitative estimate of drug-likeness (QED) is 0.916. The summed E-state index contributed by atoms with van der Waals surface area (Å²) < 4.78 is 30.2. The van der Waals surface area contributed by atoms with Gasteiger partial charge in [-0.25, -0.2) is 13.6 Å². The molecule has 0 fully saturated rings. The van der Waals surface area contributed by atoms with Gasteiger partial charge in [-0.2, -0.15) is 5.10 Å². The van der Waals surface area contributed by atoms with Crippen LogP contribution in [0.5, 0.6) is 5.75 Å². The molecule has 1 aromatic carbocycles. The number of nitrogens with zero attached hydrogens (tertiary/aromatic N) is 2. The van der Waals surface area contributed by atoms with Gasteiger partial charge >= 0.3 is 0 Å². The molecule has 0 spiro atoms. The molecule has 0 unspecified atom stereocenters. The number of sulfonamides is 1. The summed E-state index contributed by atoms with van der Waals surface area (Å²) in [4.78, 5) is -0.176. The molecule has 114 valence electrons. The summed E-state index contributed by atoms with van der Waals surface area (Å²) >= 11 is 11.9. The molecule has 0 bridgehead atoms. The Morgan fingerprint density at radius 1 is 1.38 bits per heavy atom. The van der Waals surface area contributed by atoms with E-state index in [1.54, 1.807) is 18.7 Å². The average Bonchev–Trinajstić information content (AvgIpc) is 2.61. The van der Waals surface area contributed by atoms with Crippen LogP contribution in [0.25, 0.3) is 0 Å². The number of hydrogen-bond donors (Lipinski definition) is 1. The van der Waals surface area contributed by atoms with E-state index >= 15 is 0 Å². The van der Waals surface area contributed by atoms with E-state index in [1.807, 2.05) is 0 Å². The summed E-state index contributed by atoms with van der Waals surface area (Å²) in [7, 11) is -2.22. The average molecular weight is 350 g/mol. The fourth-order valence-corrected chi connectivity index (χ4v) is 2.96. The van der Waals surface area contributed by atoms with E-state index in [1.165, 1.54) is 18.2 Å². The molecule has 0 saturated heterocycles. The van der Waals surface area contributed by atoms with Crippen molar-refractivity contribution in [2.75, 3.05) is 0 Å². The Labute approximate surface area is 132 Å². The van der Waals surface area contributed by atoms with Crippen molar-refractivity contribution in [2.45, 2.75) is 18.4 Å². The molecule has 0 aliphatic rings.